The summed E-state index contributed by atoms with van der Waals surface area (Å²) in [7, 11) is 0. The van der Waals surface area contributed by atoms with Gasteiger partial charge in [0.15, 0.2) is 0 Å². The highest BCUT2D eigenvalue weighted by molar-refractivity contribution is 5.78. The van der Waals surface area contributed by atoms with E-state index in [2.05, 4.69) is 22.0 Å². The van der Waals surface area contributed by atoms with Crippen LogP contribution in [0, 0.1) is 5.92 Å². The lowest BCUT2D eigenvalue weighted by atomic mass is 9.97. The summed E-state index contributed by atoms with van der Waals surface area (Å²) < 4.78 is 0. The van der Waals surface area contributed by atoms with E-state index >= 15 is 0 Å². The normalized spacial score (nSPS) is 14.7. The zero-order valence-electron chi connectivity index (χ0n) is 12.6. The van der Waals surface area contributed by atoms with E-state index < -0.39 is 0 Å². The topological polar surface area (TPSA) is 70.2 Å². The second kappa shape index (κ2) is 9.39. The largest absolute Gasteiger partial charge is 0.354 e. The Morgan fingerprint density at radius 2 is 1.80 bits per heavy atom. The molecular weight excluding hydrogens is 254 g/mol. The van der Waals surface area contributed by atoms with Gasteiger partial charge in [0, 0.05) is 25.6 Å². The zero-order chi connectivity index (χ0) is 14.8. The van der Waals surface area contributed by atoms with Gasteiger partial charge in [-0.2, -0.15) is 0 Å². The molecule has 3 amide bonds. The number of nitrogens with one attached hydrogen (secondary N) is 3. The fourth-order valence-corrected chi connectivity index (χ4v) is 2.10. The molecule has 0 heterocycles. The second-order valence-corrected chi connectivity index (χ2v) is 5.49. The number of hydrogen-bond donors (Lipinski definition) is 3. The first-order valence-corrected chi connectivity index (χ1v) is 7.57. The SMILES string of the molecule is CC(C)C(=O)NCCNC(=O)NCCC1=CCCCC1. The Balaban J connectivity index is 2.00. The van der Waals surface area contributed by atoms with Gasteiger partial charge < -0.3 is 16.0 Å². The van der Waals surface area contributed by atoms with Gasteiger partial charge in [0.25, 0.3) is 0 Å². The lowest BCUT2D eigenvalue weighted by Crippen LogP contribution is -2.41. The molecule has 0 bridgehead atoms. The molecule has 1 rings (SSSR count). The highest BCUT2D eigenvalue weighted by atomic mass is 16.2. The van der Waals surface area contributed by atoms with Crippen LogP contribution >= 0.6 is 0 Å². The molecule has 0 saturated heterocycles. The number of carbonyl (C=O) groups is 2. The van der Waals surface area contributed by atoms with Crippen LogP contribution in [0.3, 0.4) is 0 Å². The second-order valence-electron chi connectivity index (χ2n) is 5.49. The van der Waals surface area contributed by atoms with Crippen molar-refractivity contribution in [1.29, 1.82) is 0 Å². The molecule has 0 aromatic carbocycles. The average Bonchev–Trinajstić information content (AvgIpc) is 2.44. The summed E-state index contributed by atoms with van der Waals surface area (Å²) in [5.74, 6) is -0.0101. The van der Waals surface area contributed by atoms with Gasteiger partial charge in [-0.3, -0.25) is 4.79 Å². The van der Waals surface area contributed by atoms with Gasteiger partial charge in [0.2, 0.25) is 5.91 Å². The Bertz CT molecular complexity index is 351. The monoisotopic (exact) mass is 281 g/mol. The van der Waals surface area contributed by atoms with Crippen molar-refractivity contribution in [3.63, 3.8) is 0 Å². The summed E-state index contributed by atoms with van der Waals surface area (Å²) in [6.07, 6.45) is 8.15. The Hall–Kier alpha value is -1.52. The Kier molecular flexibility index (Phi) is 7.77. The molecule has 5 heteroatoms. The van der Waals surface area contributed by atoms with Crippen molar-refractivity contribution < 1.29 is 9.59 Å². The zero-order valence-corrected chi connectivity index (χ0v) is 12.6. The van der Waals surface area contributed by atoms with Crippen LogP contribution < -0.4 is 16.0 Å². The predicted molar refractivity (Wildman–Crippen MR) is 80.4 cm³/mol. The molecule has 0 aliphatic heterocycles. The molecule has 1 aliphatic rings. The van der Waals surface area contributed by atoms with E-state index in [1.54, 1.807) is 0 Å². The maximum Gasteiger partial charge on any atom is 0.314 e. The molecule has 0 radical (unpaired) electrons. The van der Waals surface area contributed by atoms with E-state index in [-0.39, 0.29) is 17.9 Å². The first-order chi connectivity index (χ1) is 9.59. The van der Waals surface area contributed by atoms with Gasteiger partial charge >= 0.3 is 6.03 Å². The van der Waals surface area contributed by atoms with Gasteiger partial charge in [0.1, 0.15) is 0 Å². The average molecular weight is 281 g/mol. The summed E-state index contributed by atoms with van der Waals surface area (Å²) in [5, 5.41) is 8.32. The van der Waals surface area contributed by atoms with E-state index in [1.165, 1.54) is 31.3 Å². The van der Waals surface area contributed by atoms with Crippen LogP contribution in [0.1, 0.15) is 46.0 Å². The maximum atomic E-state index is 11.5. The number of urea groups is 1. The molecule has 3 N–H and O–H groups in total. The molecule has 0 fully saturated rings. The van der Waals surface area contributed by atoms with Gasteiger partial charge in [-0.15, -0.1) is 0 Å². The van der Waals surface area contributed by atoms with Crippen LogP contribution in [0.4, 0.5) is 4.79 Å². The number of rotatable bonds is 7. The number of amides is 3. The summed E-state index contributed by atoms with van der Waals surface area (Å²) in [6, 6.07) is -0.166. The van der Waals surface area contributed by atoms with Crippen molar-refractivity contribution in [1.82, 2.24) is 16.0 Å². The predicted octanol–water partition coefficient (Wildman–Crippen LogP) is 1.95. The first kappa shape index (κ1) is 16.5. The number of carbonyl (C=O) groups excluding carboxylic acids is 2. The minimum absolute atomic E-state index is 0.0106. The molecule has 1 aliphatic carbocycles. The van der Waals surface area contributed by atoms with Crippen LogP contribution in [0.2, 0.25) is 0 Å². The Morgan fingerprint density at radius 1 is 1.10 bits per heavy atom. The Morgan fingerprint density at radius 3 is 2.45 bits per heavy atom. The van der Waals surface area contributed by atoms with Crippen LogP contribution in [-0.2, 0) is 4.79 Å². The minimum atomic E-state index is -0.166. The fourth-order valence-electron chi connectivity index (χ4n) is 2.10. The van der Waals surface area contributed by atoms with Crippen molar-refractivity contribution in [2.75, 3.05) is 19.6 Å². The van der Waals surface area contributed by atoms with Gasteiger partial charge in [-0.05, 0) is 32.1 Å². The van der Waals surface area contributed by atoms with Crippen LogP contribution in [0.25, 0.3) is 0 Å². The fraction of sp³-hybridized carbons (Fsp3) is 0.733. The number of hydrogen-bond acceptors (Lipinski definition) is 2. The molecular formula is C15H27N3O2. The van der Waals surface area contributed by atoms with Gasteiger partial charge in [0.05, 0.1) is 0 Å². The lowest BCUT2D eigenvalue weighted by Gasteiger charge is -2.13. The molecule has 0 aromatic rings. The molecule has 114 valence electrons. The minimum Gasteiger partial charge on any atom is -0.354 e. The quantitative estimate of drug-likeness (QED) is 0.493. The molecule has 0 saturated carbocycles. The summed E-state index contributed by atoms with van der Waals surface area (Å²) in [6.45, 7) is 5.28. The molecule has 0 spiro atoms. The molecule has 20 heavy (non-hydrogen) atoms. The van der Waals surface area contributed by atoms with E-state index in [4.69, 9.17) is 0 Å². The van der Waals surface area contributed by atoms with Crippen LogP contribution in [-0.4, -0.2) is 31.6 Å². The lowest BCUT2D eigenvalue weighted by molar-refractivity contribution is -0.123. The summed E-state index contributed by atoms with van der Waals surface area (Å²) in [5.41, 5.74) is 1.46. The number of allylic oxidation sites excluding steroid dienone is 1. The van der Waals surface area contributed by atoms with Gasteiger partial charge in [-0.25, -0.2) is 4.79 Å². The van der Waals surface area contributed by atoms with Gasteiger partial charge in [-0.1, -0.05) is 25.5 Å². The highest BCUT2D eigenvalue weighted by Gasteiger charge is 2.06. The van der Waals surface area contributed by atoms with Crippen molar-refractivity contribution in [2.45, 2.75) is 46.0 Å². The van der Waals surface area contributed by atoms with E-state index in [1.807, 2.05) is 13.8 Å². The molecule has 0 unspecified atom stereocenters. The molecule has 0 aromatic heterocycles. The smallest absolute Gasteiger partial charge is 0.314 e. The molecule has 5 nitrogen and oxygen atoms in total. The van der Waals surface area contributed by atoms with E-state index in [0.29, 0.717) is 19.6 Å². The molecule has 0 atom stereocenters. The van der Waals surface area contributed by atoms with Crippen LogP contribution in [0.15, 0.2) is 11.6 Å². The van der Waals surface area contributed by atoms with Crippen molar-refractivity contribution in [2.24, 2.45) is 5.92 Å². The third kappa shape index (κ3) is 7.16. The maximum absolute atomic E-state index is 11.5. The van der Waals surface area contributed by atoms with E-state index in [9.17, 15) is 9.59 Å². The van der Waals surface area contributed by atoms with Crippen molar-refractivity contribution in [3.8, 4) is 0 Å². The third-order valence-electron chi connectivity index (χ3n) is 3.35. The Labute approximate surface area is 121 Å². The standard InChI is InChI=1S/C15H27N3O2/c1-12(2)14(19)16-10-11-18-15(20)17-9-8-13-6-4-3-5-7-13/h6,12H,3-5,7-11H2,1-2H3,(H,16,19)(H2,17,18,20). The first-order valence-electron chi connectivity index (χ1n) is 7.57. The highest BCUT2D eigenvalue weighted by Crippen LogP contribution is 2.19. The van der Waals surface area contributed by atoms with E-state index in [0.717, 1.165) is 6.42 Å². The third-order valence-corrected chi connectivity index (χ3v) is 3.35. The summed E-state index contributed by atoms with van der Waals surface area (Å²) >= 11 is 0. The van der Waals surface area contributed by atoms with Crippen LogP contribution in [0.5, 0.6) is 0 Å². The summed E-state index contributed by atoms with van der Waals surface area (Å²) in [4.78, 5) is 22.8. The van der Waals surface area contributed by atoms with Crippen molar-refractivity contribution in [3.05, 3.63) is 11.6 Å². The van der Waals surface area contributed by atoms with Crippen molar-refractivity contribution >= 4 is 11.9 Å².